The van der Waals surface area contributed by atoms with E-state index in [1.165, 1.54) is 6.07 Å². The number of carbonyl (C=O) groups excluding carboxylic acids is 1. The Hall–Kier alpha value is -1.70. The lowest BCUT2D eigenvalue weighted by Crippen LogP contribution is -2.45. The lowest BCUT2D eigenvalue weighted by atomic mass is 10.1. The van der Waals surface area contributed by atoms with E-state index in [0.29, 0.717) is 4.47 Å². The molecule has 1 atom stereocenters. The molecule has 0 bridgehead atoms. The number of rotatable bonds is 6. The van der Waals surface area contributed by atoms with Crippen molar-refractivity contribution in [3.63, 3.8) is 0 Å². The Morgan fingerprint density at radius 3 is 2.27 bits per heavy atom. The van der Waals surface area contributed by atoms with Crippen LogP contribution in [0.3, 0.4) is 0 Å². The minimum absolute atomic E-state index is 0.0642. The number of hydrogen-bond donors (Lipinski definition) is 2. The van der Waals surface area contributed by atoms with Crippen molar-refractivity contribution >= 4 is 31.9 Å². The standard InChI is InChI=1S/C15H15BrN2O3S/c16-12-8-4-5-9-14(12)22(20,21)18-13(15(17)19)10-11-6-2-1-3-7-11/h1-9,13,18H,10H2,(H2,17,19)/t13-/m0/s1. The summed E-state index contributed by atoms with van der Waals surface area (Å²) in [6, 6.07) is 14.5. The summed E-state index contributed by atoms with van der Waals surface area (Å²) in [6.45, 7) is 0. The van der Waals surface area contributed by atoms with Crippen LogP contribution in [-0.4, -0.2) is 20.4 Å². The third kappa shape index (κ3) is 4.16. The lowest BCUT2D eigenvalue weighted by molar-refractivity contribution is -0.119. The second kappa shape index (κ2) is 7.04. The van der Waals surface area contributed by atoms with Crippen LogP contribution in [0.2, 0.25) is 0 Å². The molecule has 0 unspecified atom stereocenters. The van der Waals surface area contributed by atoms with Gasteiger partial charge >= 0.3 is 0 Å². The third-order valence-electron chi connectivity index (χ3n) is 3.05. The largest absolute Gasteiger partial charge is 0.368 e. The molecule has 0 spiro atoms. The van der Waals surface area contributed by atoms with E-state index in [1.54, 1.807) is 18.2 Å². The number of primary amides is 1. The molecule has 2 aromatic carbocycles. The smallest absolute Gasteiger partial charge is 0.242 e. The first-order valence-corrected chi connectivity index (χ1v) is 8.78. The van der Waals surface area contributed by atoms with Gasteiger partial charge in [0.2, 0.25) is 15.9 Å². The number of halogens is 1. The summed E-state index contributed by atoms with van der Waals surface area (Å²) in [5.74, 6) is -0.723. The lowest BCUT2D eigenvalue weighted by Gasteiger charge is -2.16. The monoisotopic (exact) mass is 382 g/mol. The third-order valence-corrected chi connectivity index (χ3v) is 5.53. The van der Waals surface area contributed by atoms with Crippen LogP contribution in [0.4, 0.5) is 0 Å². The Bertz CT molecular complexity index is 763. The highest BCUT2D eigenvalue weighted by atomic mass is 79.9. The van der Waals surface area contributed by atoms with Crippen molar-refractivity contribution in [2.24, 2.45) is 5.73 Å². The highest BCUT2D eigenvalue weighted by Gasteiger charge is 2.25. The molecule has 0 aliphatic rings. The number of carbonyl (C=O) groups is 1. The summed E-state index contributed by atoms with van der Waals surface area (Å²) in [5.41, 5.74) is 6.15. The highest BCUT2D eigenvalue weighted by Crippen LogP contribution is 2.21. The molecule has 0 heterocycles. The van der Waals surface area contributed by atoms with Gasteiger partial charge in [-0.2, -0.15) is 4.72 Å². The molecule has 7 heteroatoms. The van der Waals surface area contributed by atoms with Gasteiger partial charge in [-0.1, -0.05) is 42.5 Å². The van der Waals surface area contributed by atoms with E-state index in [4.69, 9.17) is 5.73 Å². The summed E-state index contributed by atoms with van der Waals surface area (Å²) in [7, 11) is -3.85. The van der Waals surface area contributed by atoms with Gasteiger partial charge in [-0.15, -0.1) is 0 Å². The maximum atomic E-state index is 12.4. The van der Waals surface area contributed by atoms with Gasteiger partial charge in [0.05, 0.1) is 4.90 Å². The average Bonchev–Trinajstić information content (AvgIpc) is 2.47. The van der Waals surface area contributed by atoms with E-state index < -0.39 is 22.0 Å². The summed E-state index contributed by atoms with van der Waals surface area (Å²) < 4.78 is 27.6. The molecule has 0 saturated carbocycles. The van der Waals surface area contributed by atoms with Gasteiger partial charge in [-0.3, -0.25) is 4.79 Å². The van der Waals surface area contributed by atoms with Crippen molar-refractivity contribution in [3.8, 4) is 0 Å². The van der Waals surface area contributed by atoms with Crippen LogP contribution >= 0.6 is 15.9 Å². The maximum absolute atomic E-state index is 12.4. The van der Waals surface area contributed by atoms with Gasteiger partial charge in [0.15, 0.2) is 0 Å². The van der Waals surface area contributed by atoms with Crippen LogP contribution in [0.15, 0.2) is 64.0 Å². The number of nitrogens with two attached hydrogens (primary N) is 1. The van der Waals surface area contributed by atoms with Gasteiger partial charge in [0.1, 0.15) is 6.04 Å². The van der Waals surface area contributed by atoms with Crippen LogP contribution in [0.25, 0.3) is 0 Å². The zero-order valence-corrected chi connectivity index (χ0v) is 14.0. The molecule has 0 radical (unpaired) electrons. The van der Waals surface area contributed by atoms with E-state index in [9.17, 15) is 13.2 Å². The molecule has 0 saturated heterocycles. The van der Waals surface area contributed by atoms with E-state index in [2.05, 4.69) is 20.7 Å². The molecule has 0 fully saturated rings. The van der Waals surface area contributed by atoms with Gasteiger partial charge in [-0.25, -0.2) is 8.42 Å². The van der Waals surface area contributed by atoms with E-state index in [0.717, 1.165) is 5.56 Å². The quantitative estimate of drug-likeness (QED) is 0.798. The molecule has 2 aromatic rings. The molecule has 3 N–H and O–H groups in total. The predicted molar refractivity (Wildman–Crippen MR) is 87.6 cm³/mol. The molecular weight excluding hydrogens is 368 g/mol. The fourth-order valence-corrected chi connectivity index (χ4v) is 4.17. The fourth-order valence-electron chi connectivity index (χ4n) is 1.96. The summed E-state index contributed by atoms with van der Waals surface area (Å²) in [5, 5.41) is 0. The first-order chi connectivity index (χ1) is 10.4. The zero-order valence-electron chi connectivity index (χ0n) is 11.6. The Morgan fingerprint density at radius 2 is 1.68 bits per heavy atom. The highest BCUT2D eigenvalue weighted by molar-refractivity contribution is 9.10. The van der Waals surface area contributed by atoms with E-state index in [1.807, 2.05) is 30.3 Å². The van der Waals surface area contributed by atoms with Gasteiger partial charge in [0.25, 0.3) is 0 Å². The molecule has 22 heavy (non-hydrogen) atoms. The van der Waals surface area contributed by atoms with Gasteiger partial charge < -0.3 is 5.73 Å². The minimum atomic E-state index is -3.85. The summed E-state index contributed by atoms with van der Waals surface area (Å²) in [6.07, 6.45) is 0.194. The topological polar surface area (TPSA) is 89.3 Å². The molecule has 1 amide bonds. The number of sulfonamides is 1. The molecule has 2 rings (SSSR count). The summed E-state index contributed by atoms with van der Waals surface area (Å²) in [4.78, 5) is 11.6. The second-order valence-electron chi connectivity index (χ2n) is 4.70. The Kier molecular flexibility index (Phi) is 5.33. The maximum Gasteiger partial charge on any atom is 0.242 e. The Labute approximate surface area is 137 Å². The molecule has 0 aliphatic heterocycles. The average molecular weight is 383 g/mol. The number of hydrogen-bond acceptors (Lipinski definition) is 3. The normalized spacial score (nSPS) is 12.8. The molecule has 116 valence electrons. The molecule has 5 nitrogen and oxygen atoms in total. The predicted octanol–water partition coefficient (Wildman–Crippen LogP) is 1.82. The SMILES string of the molecule is NC(=O)[C@H](Cc1ccccc1)NS(=O)(=O)c1ccccc1Br. The van der Waals surface area contributed by atoms with E-state index in [-0.39, 0.29) is 11.3 Å². The Balaban J connectivity index is 2.24. The van der Waals surface area contributed by atoms with E-state index >= 15 is 0 Å². The van der Waals surface area contributed by atoms with Crippen LogP contribution in [0.5, 0.6) is 0 Å². The number of benzene rings is 2. The van der Waals surface area contributed by atoms with Gasteiger partial charge in [0, 0.05) is 4.47 Å². The van der Waals surface area contributed by atoms with Crippen molar-refractivity contribution < 1.29 is 13.2 Å². The van der Waals surface area contributed by atoms with Crippen molar-refractivity contribution in [1.29, 1.82) is 0 Å². The first kappa shape index (κ1) is 16.7. The van der Waals surface area contributed by atoms with Crippen LogP contribution in [-0.2, 0) is 21.2 Å². The molecule has 0 aliphatic carbocycles. The first-order valence-electron chi connectivity index (χ1n) is 6.50. The number of amides is 1. The van der Waals surface area contributed by atoms with Crippen molar-refractivity contribution in [3.05, 3.63) is 64.6 Å². The van der Waals surface area contributed by atoms with Gasteiger partial charge in [-0.05, 0) is 40.0 Å². The van der Waals surface area contributed by atoms with Crippen LogP contribution in [0.1, 0.15) is 5.56 Å². The second-order valence-corrected chi connectivity index (χ2v) is 7.23. The van der Waals surface area contributed by atoms with Crippen molar-refractivity contribution in [2.45, 2.75) is 17.4 Å². The molecule has 0 aromatic heterocycles. The fraction of sp³-hybridized carbons (Fsp3) is 0.133. The van der Waals surface area contributed by atoms with Crippen molar-refractivity contribution in [1.82, 2.24) is 4.72 Å². The minimum Gasteiger partial charge on any atom is -0.368 e. The zero-order chi connectivity index (χ0) is 16.2. The van der Waals surface area contributed by atoms with Crippen LogP contribution in [0, 0.1) is 0 Å². The van der Waals surface area contributed by atoms with Crippen LogP contribution < -0.4 is 10.5 Å². The van der Waals surface area contributed by atoms with Crippen molar-refractivity contribution in [2.75, 3.05) is 0 Å². The summed E-state index contributed by atoms with van der Waals surface area (Å²) >= 11 is 3.19. The molecular formula is C15H15BrN2O3S. The Morgan fingerprint density at radius 1 is 1.09 bits per heavy atom. The number of nitrogens with one attached hydrogen (secondary N) is 1.